The molecule has 2 fully saturated rings. The second kappa shape index (κ2) is 7.40. The van der Waals surface area contributed by atoms with Crippen molar-refractivity contribution >= 4 is 5.91 Å². The van der Waals surface area contributed by atoms with Gasteiger partial charge in [-0.3, -0.25) is 14.6 Å². The third kappa shape index (κ3) is 4.42. The van der Waals surface area contributed by atoms with E-state index in [0.717, 1.165) is 45.6 Å². The van der Waals surface area contributed by atoms with E-state index in [-0.39, 0.29) is 5.91 Å². The zero-order chi connectivity index (χ0) is 16.2. The maximum atomic E-state index is 12.2. The predicted molar refractivity (Wildman–Crippen MR) is 84.2 cm³/mol. The van der Waals surface area contributed by atoms with Gasteiger partial charge in [0.25, 0.3) is 0 Å². The van der Waals surface area contributed by atoms with E-state index in [1.54, 1.807) is 7.11 Å². The monoisotopic (exact) mass is 308 g/mol. The molecule has 1 aliphatic heterocycles. The molecule has 0 bridgehead atoms. The van der Waals surface area contributed by atoms with Crippen LogP contribution in [0.4, 0.5) is 0 Å². The number of hydrogen-bond donors (Lipinski definition) is 1. The summed E-state index contributed by atoms with van der Waals surface area (Å²) in [5.41, 5.74) is -0.691. The second-order valence-corrected chi connectivity index (χ2v) is 6.75. The number of ether oxygens (including phenoxy) is 1. The normalized spacial score (nSPS) is 26.2. The Hall–Kier alpha value is -1.16. The number of amides is 1. The minimum atomic E-state index is -0.691. The van der Waals surface area contributed by atoms with Gasteiger partial charge in [0.2, 0.25) is 5.91 Å². The van der Waals surface area contributed by atoms with Gasteiger partial charge in [-0.15, -0.1) is 0 Å². The van der Waals surface area contributed by atoms with E-state index >= 15 is 0 Å². The van der Waals surface area contributed by atoms with Crippen molar-refractivity contribution in [3.8, 4) is 6.07 Å². The van der Waals surface area contributed by atoms with E-state index in [9.17, 15) is 10.1 Å². The van der Waals surface area contributed by atoms with Crippen molar-refractivity contribution in [2.45, 2.75) is 38.3 Å². The van der Waals surface area contributed by atoms with Gasteiger partial charge in [-0.25, -0.2) is 0 Å². The van der Waals surface area contributed by atoms with Crippen molar-refractivity contribution in [3.05, 3.63) is 0 Å². The first-order valence-electron chi connectivity index (χ1n) is 8.16. The van der Waals surface area contributed by atoms with Crippen molar-refractivity contribution in [2.75, 3.05) is 46.4 Å². The fourth-order valence-electron chi connectivity index (χ4n) is 3.17. The Kier molecular flexibility index (Phi) is 5.79. The molecule has 124 valence electrons. The molecule has 1 N–H and O–H groups in total. The van der Waals surface area contributed by atoms with E-state index in [2.05, 4.69) is 28.1 Å². The molecule has 1 amide bonds. The van der Waals surface area contributed by atoms with Crippen LogP contribution in [0.3, 0.4) is 0 Å². The number of carbonyl (C=O) groups is 1. The summed E-state index contributed by atoms with van der Waals surface area (Å²) >= 11 is 0. The van der Waals surface area contributed by atoms with E-state index in [1.165, 1.54) is 0 Å². The van der Waals surface area contributed by atoms with Gasteiger partial charge in [-0.1, -0.05) is 0 Å². The van der Waals surface area contributed by atoms with Crippen LogP contribution in [-0.4, -0.2) is 73.7 Å². The maximum absolute atomic E-state index is 12.2. The Morgan fingerprint density at radius 1 is 1.45 bits per heavy atom. The Morgan fingerprint density at radius 3 is 2.73 bits per heavy atom. The Labute approximate surface area is 133 Å². The van der Waals surface area contributed by atoms with Crippen molar-refractivity contribution in [3.63, 3.8) is 0 Å². The third-order valence-corrected chi connectivity index (χ3v) is 4.82. The standard InChI is InChI=1S/C16H28N4O2/c1-13-10-19(6-7-20(13)8-9-22-3)11-15(21)18-16(2,12-17)14-4-5-14/h13-14H,4-11H2,1-3H3,(H,18,21)/t13-,16+/m1/s1. The molecule has 1 aliphatic carbocycles. The lowest BCUT2D eigenvalue weighted by molar-refractivity contribution is -0.124. The molecule has 0 aromatic carbocycles. The van der Waals surface area contributed by atoms with Crippen molar-refractivity contribution in [1.29, 1.82) is 5.26 Å². The topological polar surface area (TPSA) is 68.6 Å². The van der Waals surface area contributed by atoms with Crippen LogP contribution in [0.25, 0.3) is 0 Å². The summed E-state index contributed by atoms with van der Waals surface area (Å²) in [5, 5.41) is 12.3. The van der Waals surface area contributed by atoms with Gasteiger partial charge < -0.3 is 10.1 Å². The van der Waals surface area contributed by atoms with Gasteiger partial charge in [0, 0.05) is 39.3 Å². The van der Waals surface area contributed by atoms with E-state index < -0.39 is 5.54 Å². The number of nitrogens with zero attached hydrogens (tertiary/aromatic N) is 3. The quantitative estimate of drug-likeness (QED) is 0.739. The highest BCUT2D eigenvalue weighted by Crippen LogP contribution is 2.39. The first kappa shape index (κ1) is 17.2. The van der Waals surface area contributed by atoms with Gasteiger partial charge in [0.1, 0.15) is 5.54 Å². The zero-order valence-corrected chi connectivity index (χ0v) is 14.0. The van der Waals surface area contributed by atoms with Gasteiger partial charge in [-0.05, 0) is 32.6 Å². The SMILES string of the molecule is COCCN1CCN(CC(=O)N[C@@](C)(C#N)C2CC2)C[C@H]1C. The number of carbonyl (C=O) groups excluding carboxylic acids is 1. The van der Waals surface area contributed by atoms with Crippen molar-refractivity contribution in [2.24, 2.45) is 5.92 Å². The molecule has 0 spiro atoms. The molecule has 0 unspecified atom stereocenters. The smallest absolute Gasteiger partial charge is 0.235 e. The number of methoxy groups -OCH3 is 1. The molecule has 2 atom stereocenters. The summed E-state index contributed by atoms with van der Waals surface area (Å²) < 4.78 is 5.13. The van der Waals surface area contributed by atoms with Crippen LogP contribution < -0.4 is 5.32 Å². The van der Waals surface area contributed by atoms with E-state index in [4.69, 9.17) is 4.74 Å². The lowest BCUT2D eigenvalue weighted by atomic mass is 9.98. The van der Waals surface area contributed by atoms with Gasteiger partial charge in [0.05, 0.1) is 19.2 Å². The number of nitriles is 1. The van der Waals surface area contributed by atoms with Gasteiger partial charge in [0.15, 0.2) is 0 Å². The summed E-state index contributed by atoms with van der Waals surface area (Å²) in [4.78, 5) is 16.8. The summed E-state index contributed by atoms with van der Waals surface area (Å²) in [6.07, 6.45) is 2.08. The van der Waals surface area contributed by atoms with Crippen LogP contribution in [0.15, 0.2) is 0 Å². The number of rotatable bonds is 7. The highest BCUT2D eigenvalue weighted by atomic mass is 16.5. The largest absolute Gasteiger partial charge is 0.383 e. The Bertz CT molecular complexity index is 432. The predicted octanol–water partition coefficient (Wildman–Crippen LogP) is 0.447. The lowest BCUT2D eigenvalue weighted by Crippen LogP contribution is -2.56. The van der Waals surface area contributed by atoms with Crippen LogP contribution >= 0.6 is 0 Å². The van der Waals surface area contributed by atoms with Crippen molar-refractivity contribution < 1.29 is 9.53 Å². The fraction of sp³-hybridized carbons (Fsp3) is 0.875. The third-order valence-electron chi connectivity index (χ3n) is 4.82. The first-order valence-corrected chi connectivity index (χ1v) is 8.16. The average Bonchev–Trinajstić information content (AvgIpc) is 3.31. The molecule has 2 rings (SSSR count). The molecule has 0 aromatic heterocycles. The highest BCUT2D eigenvalue weighted by Gasteiger charge is 2.43. The summed E-state index contributed by atoms with van der Waals surface area (Å²) in [6.45, 7) is 8.80. The van der Waals surface area contributed by atoms with Gasteiger partial charge in [-0.2, -0.15) is 5.26 Å². The molecule has 0 radical (unpaired) electrons. The van der Waals surface area contributed by atoms with Crippen LogP contribution in [0.2, 0.25) is 0 Å². The van der Waals surface area contributed by atoms with E-state index in [0.29, 0.717) is 18.5 Å². The lowest BCUT2D eigenvalue weighted by Gasteiger charge is -2.39. The number of hydrogen-bond acceptors (Lipinski definition) is 5. The van der Waals surface area contributed by atoms with E-state index in [1.807, 2.05) is 6.92 Å². The molecule has 1 saturated heterocycles. The van der Waals surface area contributed by atoms with Crippen LogP contribution in [0.5, 0.6) is 0 Å². The number of piperazine rings is 1. The van der Waals surface area contributed by atoms with Crippen LogP contribution in [0.1, 0.15) is 26.7 Å². The molecule has 22 heavy (non-hydrogen) atoms. The molecular weight excluding hydrogens is 280 g/mol. The fourth-order valence-corrected chi connectivity index (χ4v) is 3.17. The maximum Gasteiger partial charge on any atom is 0.235 e. The molecule has 2 aliphatic rings. The first-order chi connectivity index (χ1) is 10.5. The second-order valence-electron chi connectivity index (χ2n) is 6.75. The van der Waals surface area contributed by atoms with Crippen molar-refractivity contribution in [1.82, 2.24) is 15.1 Å². The summed E-state index contributed by atoms with van der Waals surface area (Å²) in [7, 11) is 1.72. The Morgan fingerprint density at radius 2 is 2.18 bits per heavy atom. The summed E-state index contributed by atoms with van der Waals surface area (Å²) in [5.74, 6) is 0.291. The van der Waals surface area contributed by atoms with Crippen LogP contribution in [-0.2, 0) is 9.53 Å². The Balaban J connectivity index is 1.77. The summed E-state index contributed by atoms with van der Waals surface area (Å²) in [6, 6.07) is 2.69. The average molecular weight is 308 g/mol. The number of nitrogens with one attached hydrogen (secondary N) is 1. The molecule has 6 nitrogen and oxygen atoms in total. The highest BCUT2D eigenvalue weighted by molar-refractivity contribution is 5.79. The molecule has 0 aromatic rings. The van der Waals surface area contributed by atoms with Crippen LogP contribution in [0, 0.1) is 17.2 Å². The molecule has 6 heteroatoms. The molecule has 1 saturated carbocycles. The minimum Gasteiger partial charge on any atom is -0.383 e. The minimum absolute atomic E-state index is 0.0338. The van der Waals surface area contributed by atoms with Gasteiger partial charge >= 0.3 is 0 Å². The zero-order valence-electron chi connectivity index (χ0n) is 14.0. The molecule has 1 heterocycles. The molecular formula is C16H28N4O2.